The molecule has 9 heteroatoms. The maximum atomic E-state index is 13.5. The van der Waals surface area contributed by atoms with Crippen molar-refractivity contribution >= 4 is 23.4 Å². The Morgan fingerprint density at radius 3 is 2.63 bits per heavy atom. The zero-order valence-corrected chi connectivity index (χ0v) is 17.0. The molecule has 3 aliphatic carbocycles. The SMILES string of the molecule is O=C(COc1ccc(Cl)c(F)c1)NC12CCC(NC(=O)c3cc[nH]c3)(CC1)C(O)C2. The van der Waals surface area contributed by atoms with Crippen LogP contribution in [0, 0.1) is 5.82 Å². The van der Waals surface area contributed by atoms with Gasteiger partial charge in [-0.25, -0.2) is 4.39 Å². The molecule has 0 saturated heterocycles. The first-order valence-electron chi connectivity index (χ1n) is 9.83. The van der Waals surface area contributed by atoms with Crippen molar-refractivity contribution in [3.05, 3.63) is 53.1 Å². The molecule has 0 spiro atoms. The average Bonchev–Trinajstić information content (AvgIpc) is 3.25. The van der Waals surface area contributed by atoms with Gasteiger partial charge in [0.15, 0.2) is 6.61 Å². The zero-order valence-electron chi connectivity index (χ0n) is 16.2. The molecule has 1 heterocycles. The standard InChI is InChI=1S/C21H23ClFN3O4/c22-15-2-1-14(9-16(15)23)30-12-18(28)25-20-4-6-21(7-5-20,17(27)10-20)26-19(29)13-3-8-24-11-13/h1-3,8-9,11,17,24,27H,4-7,10,12H2,(H,25,28)(H,26,29). The van der Waals surface area contributed by atoms with Crippen LogP contribution < -0.4 is 15.4 Å². The highest BCUT2D eigenvalue weighted by molar-refractivity contribution is 6.30. The molecule has 3 saturated carbocycles. The summed E-state index contributed by atoms with van der Waals surface area (Å²) in [5, 5.41) is 16.8. The van der Waals surface area contributed by atoms with E-state index >= 15 is 0 Å². The summed E-state index contributed by atoms with van der Waals surface area (Å²) in [6.45, 7) is -0.270. The highest BCUT2D eigenvalue weighted by Gasteiger charge is 2.55. The van der Waals surface area contributed by atoms with Crippen molar-refractivity contribution in [1.29, 1.82) is 0 Å². The molecule has 2 aromatic rings. The lowest BCUT2D eigenvalue weighted by atomic mass is 9.60. The number of nitrogens with one attached hydrogen (secondary N) is 3. The maximum absolute atomic E-state index is 13.5. The van der Waals surface area contributed by atoms with E-state index in [1.165, 1.54) is 12.1 Å². The van der Waals surface area contributed by atoms with E-state index in [4.69, 9.17) is 16.3 Å². The number of halogens is 2. The van der Waals surface area contributed by atoms with Crippen molar-refractivity contribution in [2.75, 3.05) is 6.61 Å². The van der Waals surface area contributed by atoms with Gasteiger partial charge in [0.1, 0.15) is 11.6 Å². The maximum Gasteiger partial charge on any atom is 0.258 e. The Kier molecular flexibility index (Phi) is 5.46. The second-order valence-corrected chi connectivity index (χ2v) is 8.53. The molecule has 2 amide bonds. The van der Waals surface area contributed by atoms with Gasteiger partial charge in [0.25, 0.3) is 11.8 Å². The fraction of sp³-hybridized carbons (Fsp3) is 0.429. The summed E-state index contributed by atoms with van der Waals surface area (Å²) in [5.41, 5.74) is -0.702. The van der Waals surface area contributed by atoms with Gasteiger partial charge in [-0.15, -0.1) is 0 Å². The van der Waals surface area contributed by atoms with Crippen LogP contribution in [-0.4, -0.2) is 45.7 Å². The van der Waals surface area contributed by atoms with Gasteiger partial charge in [-0.1, -0.05) is 11.6 Å². The highest BCUT2D eigenvalue weighted by atomic mass is 35.5. The fourth-order valence-corrected chi connectivity index (χ4v) is 4.59. The number of hydrogen-bond donors (Lipinski definition) is 4. The van der Waals surface area contributed by atoms with E-state index in [2.05, 4.69) is 15.6 Å². The molecule has 30 heavy (non-hydrogen) atoms. The number of carbonyl (C=O) groups excluding carboxylic acids is 2. The fourth-order valence-electron chi connectivity index (χ4n) is 4.47. The molecule has 0 radical (unpaired) electrons. The van der Waals surface area contributed by atoms with Crippen LogP contribution >= 0.6 is 11.6 Å². The predicted octanol–water partition coefficient (Wildman–Crippen LogP) is 2.55. The number of fused-ring (bicyclic) bond motifs is 3. The molecule has 1 aromatic carbocycles. The van der Waals surface area contributed by atoms with E-state index in [1.807, 2.05) is 0 Å². The quantitative estimate of drug-likeness (QED) is 0.559. The monoisotopic (exact) mass is 435 g/mol. The topological polar surface area (TPSA) is 103 Å². The largest absolute Gasteiger partial charge is 0.484 e. The van der Waals surface area contributed by atoms with Crippen molar-refractivity contribution in [3.8, 4) is 5.75 Å². The number of ether oxygens (including phenoxy) is 1. The second kappa shape index (κ2) is 7.92. The van der Waals surface area contributed by atoms with E-state index in [1.54, 1.807) is 18.5 Å². The summed E-state index contributed by atoms with van der Waals surface area (Å²) >= 11 is 5.64. The summed E-state index contributed by atoms with van der Waals surface area (Å²) in [4.78, 5) is 27.7. The van der Waals surface area contributed by atoms with Crippen LogP contribution in [0.1, 0.15) is 42.5 Å². The Labute approximate surface area is 177 Å². The molecule has 1 unspecified atom stereocenters. The molecule has 1 aromatic heterocycles. The molecule has 7 nitrogen and oxygen atoms in total. The summed E-state index contributed by atoms with van der Waals surface area (Å²) in [6.07, 6.45) is 5.27. The predicted molar refractivity (Wildman–Crippen MR) is 108 cm³/mol. The first kappa shape index (κ1) is 20.7. The summed E-state index contributed by atoms with van der Waals surface area (Å²) in [6, 6.07) is 5.66. The van der Waals surface area contributed by atoms with Gasteiger partial charge in [-0.3, -0.25) is 9.59 Å². The number of amides is 2. The minimum absolute atomic E-state index is 0.0174. The number of rotatable bonds is 6. The summed E-state index contributed by atoms with van der Waals surface area (Å²) < 4.78 is 18.8. The van der Waals surface area contributed by atoms with Crippen molar-refractivity contribution in [1.82, 2.24) is 15.6 Å². The summed E-state index contributed by atoms with van der Waals surface area (Å²) in [5.74, 6) is -0.974. The zero-order chi connectivity index (χ0) is 21.4. The van der Waals surface area contributed by atoms with E-state index in [0.717, 1.165) is 6.07 Å². The van der Waals surface area contributed by atoms with Crippen molar-refractivity contribution in [3.63, 3.8) is 0 Å². The van der Waals surface area contributed by atoms with Gasteiger partial charge in [0.05, 0.1) is 22.2 Å². The number of hydrogen-bond acceptors (Lipinski definition) is 4. The highest BCUT2D eigenvalue weighted by Crippen LogP contribution is 2.47. The second-order valence-electron chi connectivity index (χ2n) is 8.12. The van der Waals surface area contributed by atoms with Crippen molar-refractivity contribution in [2.45, 2.75) is 49.3 Å². The third-order valence-corrected chi connectivity index (χ3v) is 6.52. The van der Waals surface area contributed by atoms with Gasteiger partial charge in [-0.2, -0.15) is 0 Å². The molecular weight excluding hydrogens is 413 g/mol. The Balaban J connectivity index is 1.34. The van der Waals surface area contributed by atoms with Gasteiger partial charge in [0.2, 0.25) is 0 Å². The lowest BCUT2D eigenvalue weighted by molar-refractivity contribution is -0.129. The van der Waals surface area contributed by atoms with Crippen LogP contribution in [0.15, 0.2) is 36.7 Å². The average molecular weight is 436 g/mol. The van der Waals surface area contributed by atoms with Crippen molar-refractivity contribution < 1.29 is 23.8 Å². The first-order valence-corrected chi connectivity index (χ1v) is 10.2. The smallest absolute Gasteiger partial charge is 0.258 e. The number of carbonyl (C=O) groups is 2. The molecule has 160 valence electrons. The number of aromatic amines is 1. The first-order chi connectivity index (χ1) is 14.3. The van der Waals surface area contributed by atoms with E-state index < -0.39 is 23.0 Å². The minimum Gasteiger partial charge on any atom is -0.484 e. The molecule has 5 rings (SSSR count). The third kappa shape index (κ3) is 4.02. The van der Waals surface area contributed by atoms with Crippen molar-refractivity contribution in [2.24, 2.45) is 0 Å². The van der Waals surface area contributed by atoms with Crippen LogP contribution in [0.25, 0.3) is 0 Å². The number of H-pyrrole nitrogens is 1. The van der Waals surface area contributed by atoms with E-state index in [9.17, 15) is 19.1 Å². The van der Waals surface area contributed by atoms with Crippen LogP contribution in [0.5, 0.6) is 5.75 Å². The number of benzene rings is 1. The van der Waals surface area contributed by atoms with Crippen LogP contribution in [0.3, 0.4) is 0 Å². The molecular formula is C21H23ClFN3O4. The van der Waals surface area contributed by atoms with Gasteiger partial charge in [-0.05, 0) is 50.3 Å². The Morgan fingerprint density at radius 1 is 1.23 bits per heavy atom. The van der Waals surface area contributed by atoms with Crippen LogP contribution in [-0.2, 0) is 4.79 Å². The van der Waals surface area contributed by atoms with Gasteiger partial charge in [0, 0.05) is 24.0 Å². The van der Waals surface area contributed by atoms with Gasteiger partial charge < -0.3 is 25.5 Å². The van der Waals surface area contributed by atoms with Gasteiger partial charge >= 0.3 is 0 Å². The Morgan fingerprint density at radius 2 is 2.00 bits per heavy atom. The molecule has 2 bridgehead atoms. The van der Waals surface area contributed by atoms with Crippen LogP contribution in [0.4, 0.5) is 4.39 Å². The molecule has 1 atom stereocenters. The summed E-state index contributed by atoms with van der Waals surface area (Å²) in [7, 11) is 0. The normalized spacial score (nSPS) is 27.5. The number of aliphatic hydroxyl groups excluding tert-OH is 1. The Hall–Kier alpha value is -2.58. The van der Waals surface area contributed by atoms with Crippen LogP contribution in [0.2, 0.25) is 5.02 Å². The molecule has 3 fully saturated rings. The van der Waals surface area contributed by atoms with E-state index in [0.29, 0.717) is 37.7 Å². The lowest BCUT2D eigenvalue weighted by Crippen LogP contribution is -2.70. The third-order valence-electron chi connectivity index (χ3n) is 6.21. The number of aromatic nitrogens is 1. The molecule has 4 N–H and O–H groups in total. The molecule has 0 aliphatic heterocycles. The number of aliphatic hydroxyl groups is 1. The van der Waals surface area contributed by atoms with E-state index in [-0.39, 0.29) is 29.2 Å². The Bertz CT molecular complexity index is 942. The molecule has 3 aliphatic rings. The lowest BCUT2D eigenvalue weighted by Gasteiger charge is -2.56. The minimum atomic E-state index is -0.769.